The minimum absolute atomic E-state index is 0.229. The normalized spacial score (nSPS) is 23.2. The number of carbonyl (C=O) groups is 2. The fourth-order valence-electron chi connectivity index (χ4n) is 1.47. The number of ketones is 1. The van der Waals surface area contributed by atoms with E-state index in [1.54, 1.807) is 4.72 Å². The summed E-state index contributed by atoms with van der Waals surface area (Å²) in [5.41, 5.74) is 0.229. The topological polar surface area (TPSA) is 80.3 Å². The first-order valence-corrected chi connectivity index (χ1v) is 6.19. The largest absolute Gasteiger partial charge is 0.302 e. The number of halogens is 1. The summed E-state index contributed by atoms with van der Waals surface area (Å²) in [5.74, 6) is -2.07. The molecule has 16 heavy (non-hydrogen) atoms. The number of rotatable bonds is 1. The number of amides is 1. The van der Waals surface area contributed by atoms with E-state index in [1.165, 1.54) is 24.3 Å². The van der Waals surface area contributed by atoms with Gasteiger partial charge >= 0.3 is 5.91 Å². The minimum atomic E-state index is -3.94. The Balaban J connectivity index is 2.52. The molecule has 0 saturated carbocycles. The van der Waals surface area contributed by atoms with Crippen LogP contribution in [0.5, 0.6) is 0 Å². The summed E-state index contributed by atoms with van der Waals surface area (Å²) in [6.45, 7) is 0. The van der Waals surface area contributed by atoms with Crippen molar-refractivity contribution in [1.29, 1.82) is 0 Å². The van der Waals surface area contributed by atoms with E-state index in [9.17, 15) is 18.0 Å². The molecular weight excluding hydrogens is 254 g/mol. The van der Waals surface area contributed by atoms with Gasteiger partial charge in [-0.1, -0.05) is 23.7 Å². The maximum Gasteiger partial charge on any atom is 0.302 e. The summed E-state index contributed by atoms with van der Waals surface area (Å²) in [5, 5.41) is -1.04. The molecule has 5 nitrogen and oxygen atoms in total. The van der Waals surface area contributed by atoms with Gasteiger partial charge in [-0.2, -0.15) is 0 Å². The van der Waals surface area contributed by atoms with Gasteiger partial charge in [-0.3, -0.25) is 9.59 Å². The molecule has 0 aromatic heterocycles. The number of nitrogens with one attached hydrogen (secondary N) is 1. The number of Topliss-reactive ketones (excluding diaryl/α,β-unsaturated/α-hetero) is 1. The molecule has 0 bridgehead atoms. The van der Waals surface area contributed by atoms with Crippen LogP contribution in [0.2, 0.25) is 5.02 Å². The Bertz CT molecular complexity index is 564. The van der Waals surface area contributed by atoms with E-state index in [2.05, 4.69) is 0 Å². The van der Waals surface area contributed by atoms with Gasteiger partial charge in [0.1, 0.15) is 0 Å². The highest BCUT2D eigenvalue weighted by atomic mass is 35.5. The molecule has 1 fully saturated rings. The zero-order valence-corrected chi connectivity index (χ0v) is 9.38. The molecule has 7 heteroatoms. The second kappa shape index (κ2) is 3.57. The van der Waals surface area contributed by atoms with Crippen LogP contribution in [0.4, 0.5) is 0 Å². The third kappa shape index (κ3) is 1.70. The Morgan fingerprint density at radius 3 is 2.12 bits per heavy atom. The van der Waals surface area contributed by atoms with E-state index >= 15 is 0 Å². The molecule has 0 spiro atoms. The maximum absolute atomic E-state index is 11.5. The average molecular weight is 260 g/mol. The third-order valence-corrected chi connectivity index (χ3v) is 4.01. The van der Waals surface area contributed by atoms with Crippen molar-refractivity contribution in [3.63, 3.8) is 0 Å². The van der Waals surface area contributed by atoms with Crippen molar-refractivity contribution in [2.75, 3.05) is 0 Å². The van der Waals surface area contributed by atoms with Crippen LogP contribution >= 0.6 is 11.6 Å². The van der Waals surface area contributed by atoms with Gasteiger partial charge in [-0.05, 0) is 17.7 Å². The Labute approximate surface area is 96.5 Å². The first kappa shape index (κ1) is 11.1. The Morgan fingerprint density at radius 2 is 1.69 bits per heavy atom. The molecule has 1 N–H and O–H groups in total. The molecule has 1 atom stereocenters. The van der Waals surface area contributed by atoms with Crippen LogP contribution in [0.15, 0.2) is 24.3 Å². The van der Waals surface area contributed by atoms with Crippen molar-refractivity contribution >= 4 is 33.3 Å². The van der Waals surface area contributed by atoms with E-state index in [4.69, 9.17) is 11.6 Å². The lowest BCUT2D eigenvalue weighted by molar-refractivity contribution is -0.135. The lowest BCUT2D eigenvalue weighted by Crippen LogP contribution is -2.22. The SMILES string of the molecule is O=C1NS(=O)(=O)C(c2ccc(Cl)cc2)C1=O. The number of hydrogen-bond acceptors (Lipinski definition) is 4. The third-order valence-electron chi connectivity index (χ3n) is 2.18. The summed E-state index contributed by atoms with van der Waals surface area (Å²) in [7, 11) is -3.94. The van der Waals surface area contributed by atoms with Gasteiger partial charge in [0.25, 0.3) is 0 Å². The molecule has 1 saturated heterocycles. The van der Waals surface area contributed by atoms with E-state index in [0.717, 1.165) is 0 Å². The molecule has 1 aromatic carbocycles. The number of hydrogen-bond donors (Lipinski definition) is 1. The monoisotopic (exact) mass is 259 g/mol. The number of sulfonamides is 1. The van der Waals surface area contributed by atoms with Crippen molar-refractivity contribution in [2.24, 2.45) is 0 Å². The molecule has 0 radical (unpaired) electrons. The van der Waals surface area contributed by atoms with Gasteiger partial charge < -0.3 is 0 Å². The van der Waals surface area contributed by atoms with Crippen molar-refractivity contribution in [3.05, 3.63) is 34.9 Å². The summed E-state index contributed by atoms with van der Waals surface area (Å²) >= 11 is 5.64. The van der Waals surface area contributed by atoms with Crippen LogP contribution in [0.3, 0.4) is 0 Å². The second-order valence-corrected chi connectivity index (χ2v) is 5.47. The molecule has 1 aromatic rings. The first-order chi connectivity index (χ1) is 7.42. The van der Waals surface area contributed by atoms with Crippen LogP contribution in [0, 0.1) is 0 Å². The van der Waals surface area contributed by atoms with Gasteiger partial charge in [0.2, 0.25) is 15.8 Å². The van der Waals surface area contributed by atoms with Crippen molar-refractivity contribution in [3.8, 4) is 0 Å². The van der Waals surface area contributed by atoms with Gasteiger partial charge in [0, 0.05) is 5.02 Å². The fourth-order valence-corrected chi connectivity index (χ4v) is 2.97. The van der Waals surface area contributed by atoms with E-state index in [-0.39, 0.29) is 5.56 Å². The van der Waals surface area contributed by atoms with Gasteiger partial charge in [-0.15, -0.1) is 0 Å². The first-order valence-electron chi connectivity index (χ1n) is 4.27. The minimum Gasteiger partial charge on any atom is -0.287 e. The molecule has 2 rings (SSSR count). The quantitative estimate of drug-likeness (QED) is 0.741. The van der Waals surface area contributed by atoms with Gasteiger partial charge in [0.05, 0.1) is 0 Å². The average Bonchev–Trinajstić information content (AvgIpc) is 2.39. The molecule has 1 aliphatic heterocycles. The molecule has 0 aliphatic carbocycles. The lowest BCUT2D eigenvalue weighted by Gasteiger charge is -2.05. The van der Waals surface area contributed by atoms with Gasteiger partial charge in [0.15, 0.2) is 5.25 Å². The number of carbonyl (C=O) groups excluding carboxylic acids is 2. The van der Waals surface area contributed by atoms with E-state index < -0.39 is 27.0 Å². The summed E-state index contributed by atoms with van der Waals surface area (Å²) in [6.07, 6.45) is 0. The zero-order chi connectivity index (χ0) is 11.9. The molecule has 1 unspecified atom stereocenters. The van der Waals surface area contributed by atoms with Crippen LogP contribution in [0.25, 0.3) is 0 Å². The fraction of sp³-hybridized carbons (Fsp3) is 0.111. The zero-order valence-electron chi connectivity index (χ0n) is 7.81. The van der Waals surface area contributed by atoms with E-state index in [1.807, 2.05) is 0 Å². The van der Waals surface area contributed by atoms with Crippen molar-refractivity contribution in [1.82, 2.24) is 4.72 Å². The molecule has 84 valence electrons. The second-order valence-electron chi connectivity index (χ2n) is 3.27. The predicted molar refractivity (Wildman–Crippen MR) is 56.3 cm³/mol. The Morgan fingerprint density at radius 1 is 1.12 bits per heavy atom. The Hall–Kier alpha value is -1.40. The predicted octanol–water partition coefficient (Wildman–Crippen LogP) is 0.410. The maximum atomic E-state index is 11.5. The van der Waals surface area contributed by atoms with Gasteiger partial charge in [-0.25, -0.2) is 13.1 Å². The Kier molecular flexibility index (Phi) is 2.47. The molecule has 1 aliphatic rings. The summed E-state index contributed by atoms with van der Waals surface area (Å²) in [6, 6.07) is 5.73. The molecular formula is C9H6ClNO4S. The van der Waals surface area contributed by atoms with Crippen molar-refractivity contribution < 1.29 is 18.0 Å². The summed E-state index contributed by atoms with van der Waals surface area (Å²) < 4.78 is 24.6. The number of benzene rings is 1. The standard InChI is InChI=1S/C9H6ClNO4S/c10-6-3-1-5(2-4-6)8-7(12)9(13)11-16(8,14)15/h1-4,8H,(H,11,13). The summed E-state index contributed by atoms with van der Waals surface area (Å²) in [4.78, 5) is 22.4. The van der Waals surface area contributed by atoms with Crippen LogP contribution in [-0.2, 0) is 19.6 Å². The van der Waals surface area contributed by atoms with Crippen LogP contribution < -0.4 is 4.72 Å². The molecule has 1 amide bonds. The molecule has 1 heterocycles. The highest BCUT2D eigenvalue weighted by Crippen LogP contribution is 2.27. The highest BCUT2D eigenvalue weighted by Gasteiger charge is 2.46. The van der Waals surface area contributed by atoms with Crippen LogP contribution in [0.1, 0.15) is 10.8 Å². The van der Waals surface area contributed by atoms with Crippen molar-refractivity contribution in [2.45, 2.75) is 5.25 Å². The van der Waals surface area contributed by atoms with Crippen LogP contribution in [-0.4, -0.2) is 20.1 Å². The highest BCUT2D eigenvalue weighted by molar-refractivity contribution is 7.92. The van der Waals surface area contributed by atoms with E-state index in [0.29, 0.717) is 5.02 Å². The lowest BCUT2D eigenvalue weighted by atomic mass is 10.1. The smallest absolute Gasteiger partial charge is 0.287 e.